The van der Waals surface area contributed by atoms with Gasteiger partial charge in [0.2, 0.25) is 0 Å². The largest absolute Gasteiger partial charge is 0.457 e. The van der Waals surface area contributed by atoms with Gasteiger partial charge in [0.15, 0.2) is 0 Å². The van der Waals surface area contributed by atoms with Crippen molar-refractivity contribution >= 4 is 18.2 Å². The van der Waals surface area contributed by atoms with Crippen molar-refractivity contribution in [3.05, 3.63) is 47.5 Å². The number of alkyl carbamates (subject to hydrolysis) is 1. The van der Waals surface area contributed by atoms with Crippen LogP contribution >= 0.6 is 0 Å². The van der Waals surface area contributed by atoms with Gasteiger partial charge in [-0.2, -0.15) is 0 Å². The van der Waals surface area contributed by atoms with Crippen LogP contribution < -0.4 is 11.1 Å². The molecule has 0 saturated carbocycles. The molecule has 8 heteroatoms. The van der Waals surface area contributed by atoms with Crippen molar-refractivity contribution in [3.8, 4) is 0 Å². The van der Waals surface area contributed by atoms with Crippen LogP contribution in [0.5, 0.6) is 0 Å². The fraction of sp³-hybridized carbons (Fsp3) is 0.450. The van der Waals surface area contributed by atoms with Crippen LogP contribution in [0.2, 0.25) is 0 Å². The molecular weight excluding hydrogens is 364 g/mol. The Morgan fingerprint density at radius 2 is 1.86 bits per heavy atom. The summed E-state index contributed by atoms with van der Waals surface area (Å²) in [5.74, 6) is -0.258. The fourth-order valence-corrected chi connectivity index (χ4v) is 2.28. The van der Waals surface area contributed by atoms with Gasteiger partial charge in [-0.3, -0.25) is 0 Å². The lowest BCUT2D eigenvalue weighted by Gasteiger charge is -2.19. The third-order valence-corrected chi connectivity index (χ3v) is 3.54. The maximum Gasteiger partial charge on any atom is 0.407 e. The molecule has 0 atom stereocenters. The van der Waals surface area contributed by atoms with Crippen molar-refractivity contribution in [1.29, 1.82) is 0 Å². The van der Waals surface area contributed by atoms with Crippen LogP contribution in [0.3, 0.4) is 0 Å². The molecule has 1 aromatic rings. The van der Waals surface area contributed by atoms with Gasteiger partial charge in [0.05, 0.1) is 12.7 Å². The number of rotatable bonds is 3. The number of benzene rings is 1. The fourth-order valence-electron chi connectivity index (χ4n) is 2.28. The highest BCUT2D eigenvalue weighted by Crippen LogP contribution is 2.25. The number of hydrogen-bond acceptors (Lipinski definition) is 6. The molecule has 0 aliphatic carbocycles. The summed E-state index contributed by atoms with van der Waals surface area (Å²) < 4.78 is 14.1. The van der Waals surface area contributed by atoms with E-state index >= 15 is 0 Å². The normalized spacial score (nSPS) is 11.5. The minimum Gasteiger partial charge on any atom is -0.457 e. The van der Waals surface area contributed by atoms with Crippen LogP contribution in [0.1, 0.15) is 47.8 Å². The summed E-state index contributed by atoms with van der Waals surface area (Å²) in [5, 5.41) is 2.73. The van der Waals surface area contributed by atoms with Crippen LogP contribution in [0.4, 0.5) is 9.59 Å². The number of primary amides is 1. The van der Waals surface area contributed by atoms with E-state index in [0.29, 0.717) is 25.1 Å². The van der Waals surface area contributed by atoms with Crippen LogP contribution in [0.25, 0.3) is 0 Å². The Labute approximate surface area is 166 Å². The molecule has 1 heterocycles. The lowest BCUT2D eigenvalue weighted by Crippen LogP contribution is -2.33. The summed E-state index contributed by atoms with van der Waals surface area (Å²) in [4.78, 5) is 32.4. The van der Waals surface area contributed by atoms with Gasteiger partial charge in [0.1, 0.15) is 12.2 Å². The topological polar surface area (TPSA) is 117 Å². The quantitative estimate of drug-likeness (QED) is 0.462. The zero-order chi connectivity index (χ0) is 21.9. The van der Waals surface area contributed by atoms with E-state index in [1.807, 2.05) is 33.8 Å². The van der Waals surface area contributed by atoms with Crippen molar-refractivity contribution in [3.63, 3.8) is 0 Å². The Morgan fingerprint density at radius 3 is 2.36 bits per heavy atom. The van der Waals surface area contributed by atoms with E-state index in [2.05, 4.69) is 28.9 Å². The minimum atomic E-state index is -0.745. The summed E-state index contributed by atoms with van der Waals surface area (Å²) in [5.41, 5.74) is 7.70. The highest BCUT2D eigenvalue weighted by molar-refractivity contribution is 5.93. The number of esters is 1. The van der Waals surface area contributed by atoms with Gasteiger partial charge in [-0.1, -0.05) is 6.07 Å². The molecule has 0 unspecified atom stereocenters. The van der Waals surface area contributed by atoms with Gasteiger partial charge in [-0.25, -0.2) is 14.4 Å². The smallest absolute Gasteiger partial charge is 0.407 e. The third kappa shape index (κ3) is 8.57. The summed E-state index contributed by atoms with van der Waals surface area (Å²) in [7, 11) is 1.22. The molecule has 3 N–H and O–H groups in total. The molecule has 0 aromatic heterocycles. The van der Waals surface area contributed by atoms with E-state index in [-0.39, 0.29) is 5.97 Å². The molecule has 0 saturated heterocycles. The predicted molar refractivity (Wildman–Crippen MR) is 106 cm³/mol. The van der Waals surface area contributed by atoms with Crippen LogP contribution in [-0.4, -0.2) is 37.4 Å². The van der Waals surface area contributed by atoms with Crippen molar-refractivity contribution in [2.45, 2.75) is 46.3 Å². The molecule has 28 heavy (non-hydrogen) atoms. The van der Waals surface area contributed by atoms with Crippen molar-refractivity contribution in [1.82, 2.24) is 5.32 Å². The molecule has 2 rings (SSSR count). The first-order valence-corrected chi connectivity index (χ1v) is 8.64. The molecule has 0 bridgehead atoms. The van der Waals surface area contributed by atoms with E-state index in [9.17, 15) is 14.4 Å². The number of nitrogens with two attached hydrogens (primary N) is 1. The Kier molecular flexibility index (Phi) is 10.4. The van der Waals surface area contributed by atoms with Gasteiger partial charge in [-0.05, 0) is 51.3 Å². The van der Waals surface area contributed by atoms with Gasteiger partial charge in [0.25, 0.3) is 0 Å². The molecule has 2 amide bonds. The SMILES string of the molecule is C=C.COC(N)=O.Cc1c(CCNC(=O)OC(C)(C)C)ccc2c1COC2=O. The van der Waals surface area contributed by atoms with Gasteiger partial charge in [-0.15, -0.1) is 13.2 Å². The molecule has 0 fully saturated rings. The number of hydrogen-bond donors (Lipinski definition) is 2. The highest BCUT2D eigenvalue weighted by Gasteiger charge is 2.23. The van der Waals surface area contributed by atoms with E-state index in [1.165, 1.54) is 7.11 Å². The number of amides is 2. The number of cyclic esters (lactones) is 1. The Balaban J connectivity index is 0.000000906. The molecule has 156 valence electrons. The molecule has 0 spiro atoms. The van der Waals surface area contributed by atoms with E-state index < -0.39 is 17.8 Å². The predicted octanol–water partition coefficient (Wildman–Crippen LogP) is 3.25. The number of carbonyl (C=O) groups excluding carboxylic acids is 3. The minimum absolute atomic E-state index is 0.258. The number of carbonyl (C=O) groups is 3. The van der Waals surface area contributed by atoms with Crippen LogP contribution in [0, 0.1) is 6.92 Å². The summed E-state index contributed by atoms with van der Waals surface area (Å²) >= 11 is 0. The molecule has 1 aliphatic rings. The monoisotopic (exact) mass is 394 g/mol. The van der Waals surface area contributed by atoms with E-state index in [0.717, 1.165) is 16.7 Å². The highest BCUT2D eigenvalue weighted by atomic mass is 16.6. The Bertz CT molecular complexity index is 695. The van der Waals surface area contributed by atoms with E-state index in [1.54, 1.807) is 6.07 Å². The van der Waals surface area contributed by atoms with Crippen molar-refractivity contribution in [2.75, 3.05) is 13.7 Å². The van der Waals surface area contributed by atoms with Crippen molar-refractivity contribution in [2.24, 2.45) is 5.73 Å². The van der Waals surface area contributed by atoms with Gasteiger partial charge < -0.3 is 25.3 Å². The second-order valence-electron chi connectivity index (χ2n) is 6.65. The Hall–Kier alpha value is -3.03. The van der Waals surface area contributed by atoms with Gasteiger partial charge in [0, 0.05) is 12.1 Å². The second kappa shape index (κ2) is 11.6. The van der Waals surface area contributed by atoms with Crippen molar-refractivity contribution < 1.29 is 28.6 Å². The standard InChI is InChI=1S/C16H21NO4.C2H5NO2.C2H4/c1-10-11(5-6-12-13(10)9-20-14(12)18)7-8-17-15(19)21-16(2,3)4;1-5-2(3)4;1-2/h5-6H,7-9H2,1-4H3,(H,17,19);1H3,(H2,3,4);1-2H2. The first kappa shape index (κ1) is 25.0. The number of ether oxygens (including phenoxy) is 3. The average Bonchev–Trinajstić information content (AvgIpc) is 2.99. The maximum atomic E-state index is 11.6. The lowest BCUT2D eigenvalue weighted by atomic mass is 9.97. The molecule has 8 nitrogen and oxygen atoms in total. The molecule has 1 aromatic carbocycles. The van der Waals surface area contributed by atoms with Crippen LogP contribution in [-0.2, 0) is 27.2 Å². The lowest BCUT2D eigenvalue weighted by molar-refractivity contribution is 0.0520. The number of nitrogens with one attached hydrogen (secondary N) is 1. The first-order valence-electron chi connectivity index (χ1n) is 8.64. The molecule has 1 aliphatic heterocycles. The summed E-state index contributed by atoms with van der Waals surface area (Å²) in [6.45, 7) is 14.3. The second-order valence-corrected chi connectivity index (χ2v) is 6.65. The third-order valence-electron chi connectivity index (χ3n) is 3.54. The average molecular weight is 394 g/mol. The van der Waals surface area contributed by atoms with Crippen LogP contribution in [0.15, 0.2) is 25.3 Å². The Morgan fingerprint density at radius 1 is 1.29 bits per heavy atom. The summed E-state index contributed by atoms with van der Waals surface area (Å²) in [6.07, 6.45) is -0.475. The molecule has 0 radical (unpaired) electrons. The van der Waals surface area contributed by atoms with E-state index in [4.69, 9.17) is 9.47 Å². The summed E-state index contributed by atoms with van der Waals surface area (Å²) in [6, 6.07) is 3.71. The first-order chi connectivity index (χ1) is 13.0. The number of fused-ring (bicyclic) bond motifs is 1. The zero-order valence-electron chi connectivity index (χ0n) is 17.2. The number of methoxy groups -OCH3 is 1. The zero-order valence-corrected chi connectivity index (χ0v) is 17.2. The maximum absolute atomic E-state index is 11.6. The molecular formula is C20H30N2O6. The van der Waals surface area contributed by atoms with Gasteiger partial charge >= 0.3 is 18.2 Å².